The van der Waals surface area contributed by atoms with Crippen LogP contribution in [0.4, 0.5) is 5.95 Å². The minimum atomic E-state index is -0.489. The van der Waals surface area contributed by atoms with Gasteiger partial charge in [-0.05, 0) is 36.5 Å². The molecule has 0 spiro atoms. The second-order valence-electron chi connectivity index (χ2n) is 4.18. The molecule has 0 bridgehead atoms. The number of carbonyl (C=O) groups is 1. The van der Waals surface area contributed by atoms with Crippen LogP contribution in [0.1, 0.15) is 17.3 Å². The second-order valence-corrected chi connectivity index (χ2v) is 5.41. The molecule has 0 aliphatic heterocycles. The monoisotopic (exact) mass is 374 g/mol. The van der Waals surface area contributed by atoms with Crippen molar-refractivity contribution in [3.05, 3.63) is 27.7 Å². The van der Waals surface area contributed by atoms with Crippen LogP contribution in [-0.2, 0) is 6.54 Å². The number of hydrogen-bond acceptors (Lipinski definition) is 6. The lowest BCUT2D eigenvalue weighted by atomic mass is 10.2. The first-order valence-electron chi connectivity index (χ1n) is 6.37. The number of thiocarbonyl (C=S) groups is 1. The zero-order chi connectivity index (χ0) is 17.0. The highest BCUT2D eigenvalue weighted by atomic mass is 35.5. The SMILES string of the molecule is CCn1nnc(NC(=S)NC(=O)c2cc(Cl)c(OC)c(Cl)c2)n1. The van der Waals surface area contributed by atoms with Crippen molar-refractivity contribution in [1.29, 1.82) is 0 Å². The number of halogens is 2. The summed E-state index contributed by atoms with van der Waals surface area (Å²) in [5.74, 6) is -0.00857. The van der Waals surface area contributed by atoms with Crippen LogP contribution in [0.25, 0.3) is 0 Å². The molecular weight excluding hydrogens is 363 g/mol. The first-order valence-corrected chi connectivity index (χ1v) is 7.54. The van der Waals surface area contributed by atoms with E-state index in [-0.39, 0.29) is 26.7 Å². The zero-order valence-corrected chi connectivity index (χ0v) is 14.5. The number of hydrogen-bond donors (Lipinski definition) is 2. The van der Waals surface area contributed by atoms with E-state index in [1.54, 1.807) is 0 Å². The Morgan fingerprint density at radius 1 is 1.39 bits per heavy atom. The first-order chi connectivity index (χ1) is 10.9. The summed E-state index contributed by atoms with van der Waals surface area (Å²) >= 11 is 17.0. The van der Waals surface area contributed by atoms with Crippen molar-refractivity contribution < 1.29 is 9.53 Å². The van der Waals surface area contributed by atoms with Gasteiger partial charge in [-0.3, -0.25) is 15.4 Å². The third kappa shape index (κ3) is 4.27. The average molecular weight is 375 g/mol. The summed E-state index contributed by atoms with van der Waals surface area (Å²) in [4.78, 5) is 13.5. The summed E-state index contributed by atoms with van der Waals surface area (Å²) in [6.07, 6.45) is 0. The third-order valence-corrected chi connectivity index (χ3v) is 3.42. The molecule has 2 aromatic rings. The Morgan fingerprint density at radius 3 is 2.57 bits per heavy atom. The largest absolute Gasteiger partial charge is 0.494 e. The number of rotatable bonds is 4. The van der Waals surface area contributed by atoms with Gasteiger partial charge < -0.3 is 4.74 Å². The lowest BCUT2D eigenvalue weighted by Crippen LogP contribution is -2.34. The number of methoxy groups -OCH3 is 1. The first kappa shape index (κ1) is 17.4. The van der Waals surface area contributed by atoms with E-state index in [1.165, 1.54) is 24.0 Å². The molecule has 1 heterocycles. The van der Waals surface area contributed by atoms with Crippen molar-refractivity contribution in [2.24, 2.45) is 0 Å². The molecule has 0 aliphatic rings. The number of aromatic nitrogens is 4. The molecule has 122 valence electrons. The van der Waals surface area contributed by atoms with E-state index in [9.17, 15) is 4.79 Å². The van der Waals surface area contributed by atoms with Gasteiger partial charge >= 0.3 is 0 Å². The van der Waals surface area contributed by atoms with E-state index in [0.717, 1.165) is 0 Å². The van der Waals surface area contributed by atoms with Gasteiger partial charge in [0.2, 0.25) is 0 Å². The molecule has 0 saturated carbocycles. The number of amides is 1. The molecule has 0 radical (unpaired) electrons. The van der Waals surface area contributed by atoms with Crippen LogP contribution in [0.5, 0.6) is 5.75 Å². The average Bonchev–Trinajstić information content (AvgIpc) is 2.94. The van der Waals surface area contributed by atoms with Crippen LogP contribution in [0, 0.1) is 0 Å². The Morgan fingerprint density at radius 2 is 2.04 bits per heavy atom. The Kier molecular flexibility index (Phi) is 5.69. The predicted molar refractivity (Wildman–Crippen MR) is 90.2 cm³/mol. The quantitative estimate of drug-likeness (QED) is 0.791. The summed E-state index contributed by atoms with van der Waals surface area (Å²) in [5.41, 5.74) is 0.232. The molecule has 2 rings (SSSR count). The molecule has 11 heteroatoms. The summed E-state index contributed by atoms with van der Waals surface area (Å²) < 4.78 is 5.02. The van der Waals surface area contributed by atoms with Crippen molar-refractivity contribution in [2.45, 2.75) is 13.5 Å². The third-order valence-electron chi connectivity index (χ3n) is 2.65. The molecule has 2 N–H and O–H groups in total. The zero-order valence-electron chi connectivity index (χ0n) is 12.1. The predicted octanol–water partition coefficient (Wildman–Crippen LogP) is 2.14. The lowest BCUT2D eigenvalue weighted by molar-refractivity contribution is 0.0977. The standard InChI is InChI=1S/C12H12Cl2N6O2S/c1-3-20-18-11(17-19-20)16-12(23)15-10(21)6-4-7(13)9(22-2)8(14)5-6/h4-5H,3H2,1-2H3,(H2,15,16,18,21,23). The highest BCUT2D eigenvalue weighted by molar-refractivity contribution is 7.80. The van der Waals surface area contributed by atoms with E-state index >= 15 is 0 Å². The summed E-state index contributed by atoms with van der Waals surface area (Å²) in [6.45, 7) is 2.43. The van der Waals surface area contributed by atoms with E-state index in [1.807, 2.05) is 6.92 Å². The van der Waals surface area contributed by atoms with Crippen LogP contribution in [-0.4, -0.2) is 38.3 Å². The van der Waals surface area contributed by atoms with Gasteiger partial charge in [0.25, 0.3) is 11.9 Å². The normalized spacial score (nSPS) is 10.3. The Labute approximate surface area is 147 Å². The summed E-state index contributed by atoms with van der Waals surface area (Å²) in [6, 6.07) is 2.85. The van der Waals surface area contributed by atoms with Gasteiger partial charge in [-0.1, -0.05) is 28.3 Å². The fourth-order valence-corrected chi connectivity index (χ4v) is 2.45. The Hall–Kier alpha value is -1.97. The maximum absolute atomic E-state index is 12.2. The second kappa shape index (κ2) is 7.53. The molecule has 0 atom stereocenters. The number of anilines is 1. The summed E-state index contributed by atoms with van der Waals surface area (Å²) in [5, 5.41) is 17.1. The van der Waals surface area contributed by atoms with Crippen LogP contribution in [0.15, 0.2) is 12.1 Å². The molecule has 1 amide bonds. The molecule has 0 fully saturated rings. The molecule has 23 heavy (non-hydrogen) atoms. The smallest absolute Gasteiger partial charge is 0.269 e. The van der Waals surface area contributed by atoms with Crippen molar-refractivity contribution in [3.8, 4) is 5.75 Å². The van der Waals surface area contributed by atoms with E-state index in [4.69, 9.17) is 40.2 Å². The number of nitrogens with zero attached hydrogens (tertiary/aromatic N) is 4. The van der Waals surface area contributed by atoms with Crippen molar-refractivity contribution in [3.63, 3.8) is 0 Å². The van der Waals surface area contributed by atoms with Gasteiger partial charge in [0.05, 0.1) is 23.7 Å². The number of carbonyl (C=O) groups excluding carboxylic acids is 1. The highest BCUT2D eigenvalue weighted by Crippen LogP contribution is 2.33. The number of aryl methyl sites for hydroxylation is 1. The molecule has 8 nitrogen and oxygen atoms in total. The van der Waals surface area contributed by atoms with Crippen molar-refractivity contribution in [1.82, 2.24) is 25.5 Å². The maximum atomic E-state index is 12.2. The fourth-order valence-electron chi connectivity index (χ4n) is 1.62. The van der Waals surface area contributed by atoms with Crippen LogP contribution in [0.3, 0.4) is 0 Å². The molecule has 1 aromatic heterocycles. The molecule has 0 aliphatic carbocycles. The number of ether oxygens (including phenoxy) is 1. The van der Waals surface area contributed by atoms with Gasteiger partial charge in [0.15, 0.2) is 10.9 Å². The highest BCUT2D eigenvalue weighted by Gasteiger charge is 2.15. The minimum absolute atomic E-state index is 0.0220. The topological polar surface area (TPSA) is 94.0 Å². The lowest BCUT2D eigenvalue weighted by Gasteiger charge is -2.10. The van der Waals surface area contributed by atoms with E-state index < -0.39 is 5.91 Å². The van der Waals surface area contributed by atoms with Crippen molar-refractivity contribution >= 4 is 52.4 Å². The van der Waals surface area contributed by atoms with Crippen molar-refractivity contribution in [2.75, 3.05) is 12.4 Å². The van der Waals surface area contributed by atoms with Gasteiger partial charge in [-0.2, -0.15) is 4.80 Å². The minimum Gasteiger partial charge on any atom is -0.494 e. The number of nitrogens with one attached hydrogen (secondary N) is 2. The molecule has 0 saturated heterocycles. The number of benzene rings is 1. The molecule has 0 unspecified atom stereocenters. The van der Waals surface area contributed by atoms with Crippen LogP contribution in [0.2, 0.25) is 10.0 Å². The summed E-state index contributed by atoms with van der Waals surface area (Å²) in [7, 11) is 1.43. The van der Waals surface area contributed by atoms with Crippen LogP contribution < -0.4 is 15.4 Å². The van der Waals surface area contributed by atoms with Gasteiger partial charge in [0, 0.05) is 5.56 Å². The van der Waals surface area contributed by atoms with Crippen LogP contribution >= 0.6 is 35.4 Å². The van der Waals surface area contributed by atoms with Gasteiger partial charge in [-0.25, -0.2) is 0 Å². The Balaban J connectivity index is 2.05. The van der Waals surface area contributed by atoms with Gasteiger partial charge in [-0.15, -0.1) is 5.10 Å². The molecule has 1 aromatic carbocycles. The maximum Gasteiger partial charge on any atom is 0.269 e. The van der Waals surface area contributed by atoms with E-state index in [2.05, 4.69) is 26.0 Å². The molecular formula is C12H12Cl2N6O2S. The van der Waals surface area contributed by atoms with E-state index in [0.29, 0.717) is 12.3 Å². The van der Waals surface area contributed by atoms with Gasteiger partial charge in [0.1, 0.15) is 0 Å². The Bertz CT molecular complexity index is 728. The fraction of sp³-hybridized carbons (Fsp3) is 0.250. The number of tetrazole rings is 1.